The number of guanidine groups is 1. The van der Waals surface area contributed by atoms with Crippen LogP contribution in [0.25, 0.3) is 0 Å². The molecule has 2 saturated heterocycles. The maximum Gasteiger partial charge on any atom is 0.410 e. The van der Waals surface area contributed by atoms with Crippen LogP contribution >= 0.6 is 0 Å². The van der Waals surface area contributed by atoms with Crippen molar-refractivity contribution in [3.05, 3.63) is 0 Å². The van der Waals surface area contributed by atoms with Gasteiger partial charge in [-0.05, 0) is 27.2 Å². The lowest BCUT2D eigenvalue weighted by atomic mass is 10.1. The number of rotatable bonds is 4. The molecule has 0 aromatic carbocycles. The second kappa shape index (κ2) is 7.77. The number of aliphatic imine (C=N–C) groups is 1. The highest BCUT2D eigenvalue weighted by atomic mass is 32.2. The van der Waals surface area contributed by atoms with Crippen LogP contribution in [-0.4, -0.2) is 86.8 Å². The number of nitrogens with zero attached hydrogens (tertiary/aromatic N) is 3. The van der Waals surface area contributed by atoms with Crippen molar-refractivity contribution in [3.63, 3.8) is 0 Å². The van der Waals surface area contributed by atoms with E-state index in [2.05, 4.69) is 15.6 Å². The average molecular weight is 375 g/mol. The van der Waals surface area contributed by atoms with Gasteiger partial charge < -0.3 is 20.3 Å². The summed E-state index contributed by atoms with van der Waals surface area (Å²) in [6.45, 7) is 8.13. The number of carbonyl (C=O) groups excluding carboxylic acids is 1. The van der Waals surface area contributed by atoms with Gasteiger partial charge in [0.05, 0.1) is 11.8 Å². The summed E-state index contributed by atoms with van der Waals surface area (Å²) < 4.78 is 30.3. The Morgan fingerprint density at radius 2 is 2.00 bits per heavy atom. The number of hydrogen-bond donors (Lipinski definition) is 2. The Balaban J connectivity index is 1.67. The highest BCUT2D eigenvalue weighted by Crippen LogP contribution is 2.15. The monoisotopic (exact) mass is 375 g/mol. The molecule has 2 aliphatic heterocycles. The van der Waals surface area contributed by atoms with E-state index in [-0.39, 0.29) is 17.9 Å². The fourth-order valence-electron chi connectivity index (χ4n) is 2.67. The summed E-state index contributed by atoms with van der Waals surface area (Å²) >= 11 is 0. The van der Waals surface area contributed by atoms with Crippen molar-refractivity contribution in [3.8, 4) is 0 Å². The van der Waals surface area contributed by atoms with Gasteiger partial charge in [-0.3, -0.25) is 4.99 Å². The summed E-state index contributed by atoms with van der Waals surface area (Å²) in [5.74, 6) is 0.841. The van der Waals surface area contributed by atoms with Crippen molar-refractivity contribution in [2.45, 2.75) is 38.8 Å². The molecule has 0 atom stereocenters. The molecule has 0 radical (unpaired) electrons. The van der Waals surface area contributed by atoms with Crippen molar-refractivity contribution in [1.82, 2.24) is 19.8 Å². The number of sulfonamides is 1. The number of likely N-dealkylation sites (tertiary alicyclic amines) is 1. The Morgan fingerprint density at radius 3 is 2.52 bits per heavy atom. The molecule has 0 unspecified atom stereocenters. The molecule has 0 aromatic heterocycles. The molecule has 0 aliphatic carbocycles. The molecule has 1 amide bonds. The lowest BCUT2D eigenvalue weighted by molar-refractivity contribution is 0.00701. The maximum atomic E-state index is 11.9. The molecule has 2 heterocycles. The first-order valence-corrected chi connectivity index (χ1v) is 10.1. The van der Waals surface area contributed by atoms with Crippen LogP contribution in [0.1, 0.15) is 27.2 Å². The van der Waals surface area contributed by atoms with Crippen LogP contribution in [-0.2, 0) is 14.8 Å². The fourth-order valence-corrected chi connectivity index (χ4v) is 4.20. The van der Waals surface area contributed by atoms with E-state index in [1.165, 1.54) is 4.31 Å². The van der Waals surface area contributed by atoms with Crippen LogP contribution in [0.15, 0.2) is 4.99 Å². The van der Waals surface area contributed by atoms with Crippen LogP contribution in [0.3, 0.4) is 0 Å². The molecule has 2 rings (SSSR count). The van der Waals surface area contributed by atoms with Gasteiger partial charge >= 0.3 is 6.09 Å². The first kappa shape index (κ1) is 19.8. The molecule has 0 bridgehead atoms. The third-order valence-corrected chi connectivity index (χ3v) is 5.91. The molecule has 144 valence electrons. The third kappa shape index (κ3) is 5.74. The molecular formula is C15H29N5O4S. The normalized spacial score (nSPS) is 21.8. The van der Waals surface area contributed by atoms with Crippen molar-refractivity contribution >= 4 is 22.1 Å². The van der Waals surface area contributed by atoms with Crippen LogP contribution in [0.2, 0.25) is 0 Å². The summed E-state index contributed by atoms with van der Waals surface area (Å²) in [6.07, 6.45) is 0.380. The van der Waals surface area contributed by atoms with Gasteiger partial charge in [0.2, 0.25) is 10.0 Å². The number of ether oxygens (including phenoxy) is 1. The van der Waals surface area contributed by atoms with Crippen molar-refractivity contribution in [2.75, 3.05) is 45.5 Å². The first-order valence-electron chi connectivity index (χ1n) is 8.54. The van der Waals surface area contributed by atoms with Gasteiger partial charge in [0, 0.05) is 39.8 Å². The van der Waals surface area contributed by atoms with Gasteiger partial charge in [-0.1, -0.05) is 0 Å². The Labute approximate surface area is 149 Å². The Morgan fingerprint density at radius 1 is 1.32 bits per heavy atom. The van der Waals surface area contributed by atoms with E-state index >= 15 is 0 Å². The van der Waals surface area contributed by atoms with Gasteiger partial charge in [0.25, 0.3) is 0 Å². The predicted molar refractivity (Wildman–Crippen MR) is 96.1 cm³/mol. The molecule has 2 N–H and O–H groups in total. The minimum atomic E-state index is -3.07. The van der Waals surface area contributed by atoms with E-state index < -0.39 is 15.6 Å². The predicted octanol–water partition coefficient (Wildman–Crippen LogP) is -0.194. The van der Waals surface area contributed by atoms with Gasteiger partial charge in [-0.2, -0.15) is 0 Å². The largest absolute Gasteiger partial charge is 0.444 e. The minimum Gasteiger partial charge on any atom is -0.444 e. The molecule has 25 heavy (non-hydrogen) atoms. The summed E-state index contributed by atoms with van der Waals surface area (Å²) in [6, 6.07) is 0.106. The average Bonchev–Trinajstić information content (AvgIpc) is 2.77. The number of hydrogen-bond acceptors (Lipinski definition) is 5. The van der Waals surface area contributed by atoms with Crippen LogP contribution in [0, 0.1) is 0 Å². The van der Waals surface area contributed by atoms with E-state index in [0.29, 0.717) is 45.1 Å². The summed E-state index contributed by atoms with van der Waals surface area (Å²) in [4.78, 5) is 17.7. The summed E-state index contributed by atoms with van der Waals surface area (Å²) in [7, 11) is -1.41. The molecule has 2 aliphatic rings. The van der Waals surface area contributed by atoms with Crippen LogP contribution in [0.4, 0.5) is 4.79 Å². The Hall–Kier alpha value is -1.55. The third-order valence-electron chi connectivity index (χ3n) is 3.95. The molecule has 10 heteroatoms. The van der Waals surface area contributed by atoms with Gasteiger partial charge in [0.15, 0.2) is 5.96 Å². The van der Waals surface area contributed by atoms with Crippen molar-refractivity contribution < 1.29 is 17.9 Å². The van der Waals surface area contributed by atoms with Crippen LogP contribution < -0.4 is 10.6 Å². The standard InChI is InChI=1S/C15H29N5O4S/c1-15(2,3)24-14(21)19-10-12(11-19)18-13(16-4)17-6-8-20-7-5-9-25(20,22)23/h12H,5-11H2,1-4H3,(H2,16,17,18). The summed E-state index contributed by atoms with van der Waals surface area (Å²) in [5, 5.41) is 6.33. The molecule has 0 spiro atoms. The molecule has 0 saturated carbocycles. The van der Waals surface area contributed by atoms with Gasteiger partial charge in [-0.25, -0.2) is 17.5 Å². The SMILES string of the molecule is CN=C(NCCN1CCCS1(=O)=O)NC1CN(C(=O)OC(C)(C)C)C1. The zero-order valence-electron chi connectivity index (χ0n) is 15.4. The zero-order chi connectivity index (χ0) is 18.7. The molecule has 2 fully saturated rings. The van der Waals surface area contributed by atoms with E-state index in [1.807, 2.05) is 20.8 Å². The van der Waals surface area contributed by atoms with Gasteiger partial charge in [-0.15, -0.1) is 0 Å². The second-order valence-electron chi connectivity index (χ2n) is 7.29. The highest BCUT2D eigenvalue weighted by Gasteiger charge is 2.34. The lowest BCUT2D eigenvalue weighted by Crippen LogP contribution is -2.63. The van der Waals surface area contributed by atoms with Crippen molar-refractivity contribution in [2.24, 2.45) is 4.99 Å². The minimum absolute atomic E-state index is 0.106. The second-order valence-corrected chi connectivity index (χ2v) is 9.38. The Bertz CT molecular complexity index is 608. The molecular weight excluding hydrogens is 346 g/mol. The van der Waals surface area contributed by atoms with Crippen molar-refractivity contribution in [1.29, 1.82) is 0 Å². The number of nitrogens with one attached hydrogen (secondary N) is 2. The number of carbonyl (C=O) groups is 1. The van der Waals surface area contributed by atoms with Crippen LogP contribution in [0.5, 0.6) is 0 Å². The van der Waals surface area contributed by atoms with E-state index in [9.17, 15) is 13.2 Å². The van der Waals surface area contributed by atoms with Gasteiger partial charge in [0.1, 0.15) is 5.60 Å². The maximum absolute atomic E-state index is 11.9. The lowest BCUT2D eigenvalue weighted by Gasteiger charge is -2.40. The topological polar surface area (TPSA) is 103 Å². The quantitative estimate of drug-likeness (QED) is 0.521. The smallest absolute Gasteiger partial charge is 0.410 e. The summed E-state index contributed by atoms with van der Waals surface area (Å²) in [5.41, 5.74) is -0.497. The van der Waals surface area contributed by atoms with E-state index in [0.717, 1.165) is 0 Å². The first-order chi connectivity index (χ1) is 11.6. The van der Waals surface area contributed by atoms with E-state index in [1.54, 1.807) is 11.9 Å². The number of amides is 1. The highest BCUT2D eigenvalue weighted by molar-refractivity contribution is 7.89. The zero-order valence-corrected chi connectivity index (χ0v) is 16.2. The molecule has 9 nitrogen and oxygen atoms in total. The fraction of sp³-hybridized carbons (Fsp3) is 0.867. The Kier molecular flexibility index (Phi) is 6.15. The molecule has 0 aromatic rings. The van der Waals surface area contributed by atoms with E-state index in [4.69, 9.17) is 4.74 Å².